The number of carbonyl (C=O) groups excluding carboxylic acids is 1. The number of aromatic nitrogens is 4. The van der Waals surface area contributed by atoms with Crippen LogP contribution in [-0.4, -0.2) is 33.2 Å². The first-order chi connectivity index (χ1) is 14.7. The van der Waals surface area contributed by atoms with Gasteiger partial charge in [0, 0.05) is 17.3 Å². The Kier molecular flexibility index (Phi) is 5.58. The van der Waals surface area contributed by atoms with Crippen LogP contribution < -0.4 is 10.1 Å². The molecule has 4 aromatic rings. The predicted molar refractivity (Wildman–Crippen MR) is 113 cm³/mol. The molecule has 30 heavy (non-hydrogen) atoms. The smallest absolute Gasteiger partial charge is 0.274 e. The fraction of sp³-hybridized carbons (Fsp3) is 0.0476. The molecule has 2 heterocycles. The summed E-state index contributed by atoms with van der Waals surface area (Å²) in [6.07, 6.45) is 3.07. The van der Waals surface area contributed by atoms with Crippen molar-refractivity contribution in [3.8, 4) is 17.1 Å². The Morgan fingerprint density at radius 2 is 2.00 bits per heavy atom. The summed E-state index contributed by atoms with van der Waals surface area (Å²) >= 11 is 6.17. The zero-order chi connectivity index (χ0) is 20.9. The van der Waals surface area contributed by atoms with Gasteiger partial charge in [0.25, 0.3) is 5.91 Å². The molecule has 150 valence electrons. The van der Waals surface area contributed by atoms with E-state index in [1.54, 1.807) is 36.4 Å². The Bertz CT molecular complexity index is 1190. The van der Waals surface area contributed by atoms with E-state index in [2.05, 4.69) is 20.8 Å². The van der Waals surface area contributed by atoms with Crippen LogP contribution in [0.2, 0.25) is 5.02 Å². The molecule has 2 aromatic carbocycles. The van der Waals surface area contributed by atoms with Crippen LogP contribution in [0, 0.1) is 0 Å². The topological polar surface area (TPSA) is 95.1 Å². The molecule has 2 aromatic heterocycles. The number of nitrogens with zero attached hydrogens (tertiary/aromatic N) is 4. The summed E-state index contributed by atoms with van der Waals surface area (Å²) in [6.45, 7) is 0. The van der Waals surface area contributed by atoms with E-state index in [0.717, 1.165) is 5.56 Å². The van der Waals surface area contributed by atoms with Gasteiger partial charge in [-0.05, 0) is 40.8 Å². The number of rotatable bonds is 6. The maximum atomic E-state index is 13.2. The Hall–Kier alpha value is -3.91. The Morgan fingerprint density at radius 1 is 1.17 bits per heavy atom. The third-order valence-corrected chi connectivity index (χ3v) is 4.49. The lowest BCUT2D eigenvalue weighted by Crippen LogP contribution is -2.19. The molecule has 9 heteroatoms. The van der Waals surface area contributed by atoms with Crippen LogP contribution in [0.3, 0.4) is 0 Å². The first-order valence-electron chi connectivity index (χ1n) is 8.90. The summed E-state index contributed by atoms with van der Waals surface area (Å²) in [5, 5.41) is 15.0. The van der Waals surface area contributed by atoms with Gasteiger partial charge in [-0.1, -0.05) is 41.9 Å². The van der Waals surface area contributed by atoms with E-state index in [9.17, 15) is 4.79 Å². The standard InChI is InChI=1S/C21H16ClN5O3/c1-29-19-10-9-15(12-17(19)22)23-21(28)18(13-16-8-5-11-30-16)27-20(24-25-26-27)14-6-3-2-4-7-14/h2-13H,1H3,(H,23,28)/b18-13+. The first kappa shape index (κ1) is 19.4. The maximum absolute atomic E-state index is 13.2. The molecular weight excluding hydrogens is 406 g/mol. The minimum absolute atomic E-state index is 0.167. The summed E-state index contributed by atoms with van der Waals surface area (Å²) in [5.41, 5.74) is 1.42. The third-order valence-electron chi connectivity index (χ3n) is 4.19. The largest absolute Gasteiger partial charge is 0.495 e. The summed E-state index contributed by atoms with van der Waals surface area (Å²) in [6, 6.07) is 17.7. The number of halogens is 1. The van der Waals surface area contributed by atoms with Gasteiger partial charge >= 0.3 is 0 Å². The fourth-order valence-electron chi connectivity index (χ4n) is 2.79. The number of anilines is 1. The quantitative estimate of drug-likeness (QED) is 0.468. The molecule has 0 aliphatic rings. The highest BCUT2D eigenvalue weighted by Crippen LogP contribution is 2.28. The Morgan fingerprint density at radius 3 is 2.70 bits per heavy atom. The van der Waals surface area contributed by atoms with Crippen LogP contribution in [0.1, 0.15) is 5.76 Å². The monoisotopic (exact) mass is 421 g/mol. The van der Waals surface area contributed by atoms with Gasteiger partial charge in [-0.3, -0.25) is 4.79 Å². The summed E-state index contributed by atoms with van der Waals surface area (Å²) in [4.78, 5) is 13.2. The second-order valence-corrected chi connectivity index (χ2v) is 6.54. The molecule has 0 saturated heterocycles. The number of hydrogen-bond acceptors (Lipinski definition) is 6. The first-order valence-corrected chi connectivity index (χ1v) is 9.28. The average Bonchev–Trinajstić information content (AvgIpc) is 3.45. The van der Waals surface area contributed by atoms with Crippen molar-refractivity contribution in [3.63, 3.8) is 0 Å². The van der Waals surface area contributed by atoms with E-state index in [1.165, 1.54) is 18.1 Å². The summed E-state index contributed by atoms with van der Waals surface area (Å²) in [7, 11) is 1.52. The molecule has 0 bridgehead atoms. The van der Waals surface area contributed by atoms with E-state index < -0.39 is 5.91 Å². The van der Waals surface area contributed by atoms with Gasteiger partial charge in [0.2, 0.25) is 0 Å². The zero-order valence-corrected chi connectivity index (χ0v) is 16.6. The van der Waals surface area contributed by atoms with Crippen LogP contribution in [-0.2, 0) is 4.79 Å². The number of ether oxygens (including phenoxy) is 1. The number of furan rings is 1. The van der Waals surface area contributed by atoms with Gasteiger partial charge in [0.15, 0.2) is 5.82 Å². The molecule has 0 aliphatic carbocycles. The highest BCUT2D eigenvalue weighted by atomic mass is 35.5. The maximum Gasteiger partial charge on any atom is 0.274 e. The lowest BCUT2D eigenvalue weighted by atomic mass is 10.2. The van der Waals surface area contributed by atoms with Gasteiger partial charge < -0.3 is 14.5 Å². The minimum atomic E-state index is -0.447. The van der Waals surface area contributed by atoms with Crippen molar-refractivity contribution in [1.82, 2.24) is 20.2 Å². The van der Waals surface area contributed by atoms with Gasteiger partial charge in [-0.15, -0.1) is 5.10 Å². The second-order valence-electron chi connectivity index (χ2n) is 6.13. The molecule has 0 unspecified atom stereocenters. The van der Waals surface area contributed by atoms with Crippen molar-refractivity contribution in [1.29, 1.82) is 0 Å². The molecule has 1 amide bonds. The van der Waals surface area contributed by atoms with E-state index in [-0.39, 0.29) is 5.70 Å². The highest BCUT2D eigenvalue weighted by molar-refractivity contribution is 6.32. The molecule has 0 fully saturated rings. The lowest BCUT2D eigenvalue weighted by Gasteiger charge is -2.11. The number of tetrazole rings is 1. The van der Waals surface area contributed by atoms with Crippen LogP contribution in [0.5, 0.6) is 5.75 Å². The molecule has 0 radical (unpaired) electrons. The van der Waals surface area contributed by atoms with Gasteiger partial charge in [-0.2, -0.15) is 4.68 Å². The van der Waals surface area contributed by atoms with Crippen molar-refractivity contribution < 1.29 is 13.9 Å². The van der Waals surface area contributed by atoms with Gasteiger partial charge in [0.05, 0.1) is 18.4 Å². The lowest BCUT2D eigenvalue weighted by molar-refractivity contribution is -0.111. The van der Waals surface area contributed by atoms with Crippen LogP contribution in [0.4, 0.5) is 5.69 Å². The number of methoxy groups -OCH3 is 1. The molecule has 4 rings (SSSR count). The SMILES string of the molecule is COc1ccc(NC(=O)/C(=C\c2ccco2)n2nnnc2-c2ccccc2)cc1Cl. The highest BCUT2D eigenvalue weighted by Gasteiger charge is 2.20. The number of hydrogen-bond donors (Lipinski definition) is 1. The predicted octanol–water partition coefficient (Wildman–Crippen LogP) is 4.23. The van der Waals surface area contributed by atoms with E-state index in [1.807, 2.05) is 30.3 Å². The molecule has 0 aliphatic heterocycles. The van der Waals surface area contributed by atoms with E-state index in [4.69, 9.17) is 20.8 Å². The Balaban J connectivity index is 1.73. The van der Waals surface area contributed by atoms with Crippen molar-refractivity contribution in [3.05, 3.63) is 77.7 Å². The molecule has 8 nitrogen and oxygen atoms in total. The van der Waals surface area contributed by atoms with Gasteiger partial charge in [-0.25, -0.2) is 0 Å². The molecular formula is C21H16ClN5O3. The Labute approximate surface area is 176 Å². The minimum Gasteiger partial charge on any atom is -0.495 e. The zero-order valence-electron chi connectivity index (χ0n) is 15.8. The van der Waals surface area contributed by atoms with Gasteiger partial charge in [0.1, 0.15) is 17.2 Å². The molecule has 1 N–H and O–H groups in total. The van der Waals surface area contributed by atoms with E-state index in [0.29, 0.717) is 28.0 Å². The van der Waals surface area contributed by atoms with Crippen molar-refractivity contribution >= 4 is 35.0 Å². The summed E-state index contributed by atoms with van der Waals surface area (Å²) in [5.74, 6) is 0.948. The van der Waals surface area contributed by atoms with E-state index >= 15 is 0 Å². The third kappa shape index (κ3) is 4.08. The number of benzene rings is 2. The molecule has 0 spiro atoms. The fourth-order valence-corrected chi connectivity index (χ4v) is 3.04. The van der Waals surface area contributed by atoms with Crippen molar-refractivity contribution in [2.45, 2.75) is 0 Å². The second kappa shape index (κ2) is 8.62. The number of nitrogens with one attached hydrogen (secondary N) is 1. The average molecular weight is 422 g/mol. The van der Waals surface area contributed by atoms with Crippen molar-refractivity contribution in [2.75, 3.05) is 12.4 Å². The molecule has 0 atom stereocenters. The van der Waals surface area contributed by atoms with Crippen LogP contribution in [0.15, 0.2) is 71.3 Å². The van der Waals surface area contributed by atoms with Crippen LogP contribution >= 0.6 is 11.6 Å². The van der Waals surface area contributed by atoms with Crippen LogP contribution in [0.25, 0.3) is 23.2 Å². The number of amides is 1. The molecule has 0 saturated carbocycles. The van der Waals surface area contributed by atoms with Crippen molar-refractivity contribution in [2.24, 2.45) is 0 Å². The number of carbonyl (C=O) groups is 1. The summed E-state index contributed by atoms with van der Waals surface area (Å²) < 4.78 is 11.9. The normalized spacial score (nSPS) is 11.3.